The van der Waals surface area contributed by atoms with Gasteiger partial charge in [-0.3, -0.25) is 4.79 Å². The van der Waals surface area contributed by atoms with Gasteiger partial charge in [-0.1, -0.05) is 17.7 Å². The van der Waals surface area contributed by atoms with Crippen molar-refractivity contribution in [1.82, 2.24) is 5.32 Å². The van der Waals surface area contributed by atoms with Crippen LogP contribution in [-0.2, 0) is 14.6 Å². The summed E-state index contributed by atoms with van der Waals surface area (Å²) in [6, 6.07) is 14.0. The molecule has 2 aromatic carbocycles. The molecule has 0 fully saturated rings. The predicted molar refractivity (Wildman–Crippen MR) is 104 cm³/mol. The minimum absolute atomic E-state index is 0.0569. The van der Waals surface area contributed by atoms with Crippen LogP contribution >= 0.6 is 0 Å². The summed E-state index contributed by atoms with van der Waals surface area (Å²) in [6.07, 6.45) is 2.08. The number of nitrogens with one attached hydrogen (secondary N) is 1. The second-order valence-electron chi connectivity index (χ2n) is 6.21. The third-order valence-electron chi connectivity index (χ3n) is 3.78. The third-order valence-corrected chi connectivity index (χ3v) is 4.91. The van der Waals surface area contributed by atoms with E-state index in [-0.39, 0.29) is 10.8 Å². The first kappa shape index (κ1) is 20.8. The van der Waals surface area contributed by atoms with Crippen molar-refractivity contribution in [3.63, 3.8) is 0 Å². The zero-order valence-corrected chi connectivity index (χ0v) is 16.4. The second kappa shape index (κ2) is 9.97. The molecule has 0 heterocycles. The first-order valence-corrected chi connectivity index (χ1v) is 10.6. The number of rotatable bonds is 10. The van der Waals surface area contributed by atoms with E-state index in [2.05, 4.69) is 5.32 Å². The van der Waals surface area contributed by atoms with Crippen LogP contribution in [0.25, 0.3) is 0 Å². The number of hydrogen-bond donors (Lipinski definition) is 1. The number of sulfone groups is 1. The maximum absolute atomic E-state index is 11.8. The summed E-state index contributed by atoms with van der Waals surface area (Å²) in [7, 11) is -3.21. The first-order chi connectivity index (χ1) is 12.8. The van der Waals surface area contributed by atoms with E-state index < -0.39 is 9.84 Å². The number of carbonyl (C=O) groups is 1. The fourth-order valence-corrected chi connectivity index (χ4v) is 2.92. The highest BCUT2D eigenvalue weighted by Gasteiger charge is 2.06. The Labute approximate surface area is 160 Å². The van der Waals surface area contributed by atoms with Gasteiger partial charge in [0.15, 0.2) is 9.84 Å². The summed E-state index contributed by atoms with van der Waals surface area (Å²) < 4.78 is 33.8. The minimum Gasteiger partial charge on any atom is -0.494 e. The second-order valence-corrected chi connectivity index (χ2v) is 8.22. The van der Waals surface area contributed by atoms with Crippen molar-refractivity contribution in [3.05, 3.63) is 54.1 Å². The number of aryl methyl sites for hydroxylation is 1. The molecule has 0 spiro atoms. The molecular weight excluding hydrogens is 366 g/mol. The van der Waals surface area contributed by atoms with Gasteiger partial charge in [0.2, 0.25) is 5.91 Å². The lowest BCUT2D eigenvalue weighted by atomic mass is 10.2. The Bertz CT molecular complexity index is 830. The molecule has 0 aliphatic carbocycles. The average molecular weight is 391 g/mol. The van der Waals surface area contributed by atoms with Crippen molar-refractivity contribution in [2.24, 2.45) is 0 Å². The van der Waals surface area contributed by atoms with Crippen LogP contribution in [0.4, 0.5) is 0 Å². The molecule has 6 nitrogen and oxygen atoms in total. The van der Waals surface area contributed by atoms with Crippen LogP contribution in [-0.4, -0.2) is 40.3 Å². The van der Waals surface area contributed by atoms with Gasteiger partial charge in [0.05, 0.1) is 18.0 Å². The molecule has 1 N–H and O–H groups in total. The van der Waals surface area contributed by atoms with E-state index in [4.69, 9.17) is 9.47 Å². The average Bonchev–Trinajstić information content (AvgIpc) is 2.63. The molecule has 0 atom stereocenters. The summed E-state index contributed by atoms with van der Waals surface area (Å²) in [4.78, 5) is 12.0. The molecule has 7 heteroatoms. The molecule has 0 aliphatic heterocycles. The predicted octanol–water partition coefficient (Wildman–Crippen LogP) is 2.75. The molecule has 0 aromatic heterocycles. The molecule has 2 aromatic rings. The zero-order valence-electron chi connectivity index (χ0n) is 15.6. The topological polar surface area (TPSA) is 81.7 Å². The largest absolute Gasteiger partial charge is 0.494 e. The van der Waals surface area contributed by atoms with E-state index >= 15 is 0 Å². The Hall–Kier alpha value is -2.54. The van der Waals surface area contributed by atoms with Crippen molar-refractivity contribution in [3.8, 4) is 11.5 Å². The molecule has 146 valence electrons. The van der Waals surface area contributed by atoms with Crippen molar-refractivity contribution in [2.45, 2.75) is 24.7 Å². The smallest absolute Gasteiger partial charge is 0.220 e. The van der Waals surface area contributed by atoms with E-state index in [1.165, 1.54) is 17.7 Å². The number of carbonyl (C=O) groups excluding carboxylic acids is 1. The van der Waals surface area contributed by atoms with E-state index in [0.29, 0.717) is 38.3 Å². The minimum atomic E-state index is -3.21. The lowest BCUT2D eigenvalue weighted by Gasteiger charge is -2.09. The molecule has 0 bridgehead atoms. The fourth-order valence-electron chi connectivity index (χ4n) is 2.29. The molecule has 0 saturated carbocycles. The highest BCUT2D eigenvalue weighted by atomic mass is 32.2. The van der Waals surface area contributed by atoms with Crippen LogP contribution < -0.4 is 14.8 Å². The molecular formula is C20H25NO5S. The van der Waals surface area contributed by atoms with Gasteiger partial charge in [0.1, 0.15) is 18.1 Å². The fraction of sp³-hybridized carbons (Fsp3) is 0.350. The van der Waals surface area contributed by atoms with Gasteiger partial charge in [-0.2, -0.15) is 0 Å². The van der Waals surface area contributed by atoms with Gasteiger partial charge < -0.3 is 14.8 Å². The highest BCUT2D eigenvalue weighted by molar-refractivity contribution is 7.90. The Morgan fingerprint density at radius 2 is 1.48 bits per heavy atom. The van der Waals surface area contributed by atoms with Crippen LogP contribution in [0.3, 0.4) is 0 Å². The Morgan fingerprint density at radius 3 is 2.07 bits per heavy atom. The Balaban J connectivity index is 1.57. The van der Waals surface area contributed by atoms with Crippen LogP contribution in [0.15, 0.2) is 53.4 Å². The number of hydrogen-bond acceptors (Lipinski definition) is 5. The molecule has 0 saturated heterocycles. The Morgan fingerprint density at radius 1 is 0.926 bits per heavy atom. The molecule has 27 heavy (non-hydrogen) atoms. The normalized spacial score (nSPS) is 11.0. The highest BCUT2D eigenvalue weighted by Crippen LogP contribution is 2.16. The van der Waals surface area contributed by atoms with Crippen molar-refractivity contribution >= 4 is 15.7 Å². The zero-order chi connectivity index (χ0) is 19.7. The summed E-state index contributed by atoms with van der Waals surface area (Å²) >= 11 is 0. The standard InChI is InChI=1S/C20H25NO5S/c1-16-5-7-17(8-6-16)26-15-13-21-20(22)4-3-14-25-18-9-11-19(12-10-18)27(2,23)24/h5-12H,3-4,13-15H2,1-2H3,(H,21,22). The van der Waals surface area contributed by atoms with Crippen molar-refractivity contribution in [1.29, 1.82) is 0 Å². The molecule has 2 rings (SSSR count). The van der Waals surface area contributed by atoms with Gasteiger partial charge in [0, 0.05) is 12.7 Å². The van der Waals surface area contributed by atoms with Crippen molar-refractivity contribution in [2.75, 3.05) is 26.0 Å². The van der Waals surface area contributed by atoms with E-state index in [9.17, 15) is 13.2 Å². The summed E-state index contributed by atoms with van der Waals surface area (Å²) in [6.45, 7) is 3.25. The van der Waals surface area contributed by atoms with Crippen LogP contribution in [0.2, 0.25) is 0 Å². The summed E-state index contributed by atoms with van der Waals surface area (Å²) in [5, 5.41) is 2.80. The third kappa shape index (κ3) is 7.70. The maximum atomic E-state index is 11.8. The van der Waals surface area contributed by atoms with Gasteiger partial charge in [-0.15, -0.1) is 0 Å². The van der Waals surface area contributed by atoms with Gasteiger partial charge in [-0.05, 0) is 49.7 Å². The van der Waals surface area contributed by atoms with Crippen molar-refractivity contribution < 1.29 is 22.7 Å². The van der Waals surface area contributed by atoms with Gasteiger partial charge >= 0.3 is 0 Å². The van der Waals surface area contributed by atoms with Crippen LogP contribution in [0.1, 0.15) is 18.4 Å². The summed E-state index contributed by atoms with van der Waals surface area (Å²) in [5.74, 6) is 1.30. The monoisotopic (exact) mass is 391 g/mol. The lowest BCUT2D eigenvalue weighted by Crippen LogP contribution is -2.28. The SMILES string of the molecule is Cc1ccc(OCCNC(=O)CCCOc2ccc(S(C)(=O)=O)cc2)cc1. The van der Waals surface area contributed by atoms with E-state index in [0.717, 1.165) is 12.0 Å². The van der Waals surface area contributed by atoms with Gasteiger partial charge in [0.25, 0.3) is 0 Å². The maximum Gasteiger partial charge on any atom is 0.220 e. The van der Waals surface area contributed by atoms with Crippen LogP contribution in [0.5, 0.6) is 11.5 Å². The number of benzene rings is 2. The summed E-state index contributed by atoms with van der Waals surface area (Å²) in [5.41, 5.74) is 1.17. The van der Waals surface area contributed by atoms with Crippen LogP contribution in [0, 0.1) is 6.92 Å². The Kier molecular flexibility index (Phi) is 7.67. The molecule has 1 amide bonds. The number of ether oxygens (including phenoxy) is 2. The lowest BCUT2D eigenvalue weighted by molar-refractivity contribution is -0.121. The van der Waals surface area contributed by atoms with E-state index in [1.807, 2.05) is 31.2 Å². The molecule has 0 radical (unpaired) electrons. The quantitative estimate of drug-likeness (QED) is 0.630. The molecule has 0 unspecified atom stereocenters. The van der Waals surface area contributed by atoms with E-state index in [1.54, 1.807) is 12.1 Å². The molecule has 0 aliphatic rings. The number of amides is 1. The van der Waals surface area contributed by atoms with Gasteiger partial charge in [-0.25, -0.2) is 8.42 Å². The first-order valence-electron chi connectivity index (χ1n) is 8.74.